The minimum atomic E-state index is -0.713. The first-order valence-corrected chi connectivity index (χ1v) is 7.16. The van der Waals surface area contributed by atoms with E-state index in [4.69, 9.17) is 0 Å². The molecule has 3 heterocycles. The smallest absolute Gasteiger partial charge is 0.250 e. The van der Waals surface area contributed by atoms with Crippen LogP contribution in [0.1, 0.15) is 5.69 Å². The molecule has 3 aromatic heterocycles. The van der Waals surface area contributed by atoms with Crippen LogP contribution in [-0.2, 0) is 6.54 Å². The molecule has 4 aromatic rings. The van der Waals surface area contributed by atoms with Crippen LogP contribution in [0.25, 0.3) is 11.3 Å². The summed E-state index contributed by atoms with van der Waals surface area (Å²) in [4.78, 5) is 12.2. The quantitative estimate of drug-likeness (QED) is 0.578. The monoisotopic (exact) mass is 327 g/mol. The molecular weight excluding hydrogens is 316 g/mol. The largest absolute Gasteiger partial charge is 0.350 e. The lowest BCUT2D eigenvalue weighted by atomic mass is 10.3. The molecule has 1 aromatic carbocycles. The molecule has 0 N–H and O–H groups in total. The van der Waals surface area contributed by atoms with Crippen LogP contribution in [-0.4, -0.2) is 24.0 Å². The Morgan fingerprint density at radius 3 is 2.46 bits per heavy atom. The first kappa shape index (κ1) is 14.3. The zero-order valence-corrected chi connectivity index (χ0v) is 12.3. The molecule has 0 saturated heterocycles. The molecule has 0 unspecified atom stereocenters. The summed E-state index contributed by atoms with van der Waals surface area (Å²) in [5.41, 5.74) is 0.411. The lowest BCUT2D eigenvalue weighted by molar-refractivity contribution is 0.557. The predicted molar refractivity (Wildman–Crippen MR) is 82.0 cm³/mol. The van der Waals surface area contributed by atoms with Crippen molar-refractivity contribution < 1.29 is 8.78 Å². The van der Waals surface area contributed by atoms with Crippen molar-refractivity contribution in [2.75, 3.05) is 0 Å². The highest BCUT2D eigenvalue weighted by Crippen LogP contribution is 2.17. The third-order valence-corrected chi connectivity index (χ3v) is 3.61. The van der Waals surface area contributed by atoms with E-state index in [1.807, 2.05) is 0 Å². The third kappa shape index (κ3) is 2.28. The first-order valence-electron chi connectivity index (χ1n) is 7.16. The molecule has 0 spiro atoms. The molecule has 0 saturated carbocycles. The minimum Gasteiger partial charge on any atom is -0.250 e. The molecule has 24 heavy (non-hydrogen) atoms. The van der Waals surface area contributed by atoms with E-state index in [1.54, 1.807) is 30.5 Å². The van der Waals surface area contributed by atoms with E-state index < -0.39 is 11.6 Å². The fourth-order valence-corrected chi connectivity index (χ4v) is 2.50. The van der Waals surface area contributed by atoms with Crippen molar-refractivity contribution in [3.05, 3.63) is 82.7 Å². The van der Waals surface area contributed by atoms with Crippen molar-refractivity contribution in [3.8, 4) is 5.69 Å². The van der Waals surface area contributed by atoms with Crippen LogP contribution in [0.5, 0.6) is 0 Å². The molecule has 0 aliphatic carbocycles. The molecule has 4 rings (SSSR count). The number of rotatable bonds is 3. The van der Waals surface area contributed by atoms with Gasteiger partial charge in [0, 0.05) is 12.4 Å². The van der Waals surface area contributed by atoms with Crippen molar-refractivity contribution in [3.63, 3.8) is 0 Å². The van der Waals surface area contributed by atoms with Crippen LogP contribution < -0.4 is 5.69 Å². The van der Waals surface area contributed by atoms with Crippen molar-refractivity contribution in [2.45, 2.75) is 6.54 Å². The number of aromatic nitrogens is 5. The van der Waals surface area contributed by atoms with Gasteiger partial charge in [0.25, 0.3) is 0 Å². The number of hydrogen-bond donors (Lipinski definition) is 0. The highest BCUT2D eigenvalue weighted by molar-refractivity contribution is 5.36. The lowest BCUT2D eigenvalue weighted by Crippen LogP contribution is -2.21. The van der Waals surface area contributed by atoms with Gasteiger partial charge in [-0.3, -0.25) is 4.40 Å². The van der Waals surface area contributed by atoms with Crippen LogP contribution in [0, 0.1) is 11.6 Å². The Balaban J connectivity index is 1.70. The Kier molecular flexibility index (Phi) is 3.23. The van der Waals surface area contributed by atoms with Crippen LogP contribution in [0.2, 0.25) is 0 Å². The maximum absolute atomic E-state index is 13.8. The van der Waals surface area contributed by atoms with E-state index in [1.165, 1.54) is 21.3 Å². The van der Waals surface area contributed by atoms with Gasteiger partial charge in [-0.1, -0.05) is 12.1 Å². The molecule has 8 heteroatoms. The molecule has 0 radical (unpaired) electrons. The summed E-state index contributed by atoms with van der Waals surface area (Å²) < 4.78 is 31.4. The van der Waals surface area contributed by atoms with Gasteiger partial charge in [-0.15, -0.1) is 5.10 Å². The van der Waals surface area contributed by atoms with Crippen molar-refractivity contribution >= 4 is 5.65 Å². The zero-order chi connectivity index (χ0) is 16.7. The molecule has 0 aliphatic heterocycles. The van der Waals surface area contributed by atoms with E-state index in [2.05, 4.69) is 10.2 Å². The van der Waals surface area contributed by atoms with Crippen LogP contribution in [0.3, 0.4) is 0 Å². The zero-order valence-electron chi connectivity index (χ0n) is 12.3. The second-order valence-corrected chi connectivity index (χ2v) is 5.19. The van der Waals surface area contributed by atoms with Gasteiger partial charge < -0.3 is 0 Å². The number of nitrogens with zero attached hydrogens (tertiary/aromatic N) is 5. The van der Waals surface area contributed by atoms with Crippen LogP contribution >= 0.6 is 0 Å². The Labute approximate surface area is 134 Å². The van der Waals surface area contributed by atoms with E-state index >= 15 is 0 Å². The Hall–Kier alpha value is -3.29. The van der Waals surface area contributed by atoms with Gasteiger partial charge in [-0.2, -0.15) is 5.10 Å². The number of benzene rings is 1. The number of para-hydroxylation sites is 1. The number of hydrogen-bond acceptors (Lipinski definition) is 3. The highest BCUT2D eigenvalue weighted by Gasteiger charge is 2.13. The van der Waals surface area contributed by atoms with E-state index in [0.717, 1.165) is 16.8 Å². The summed E-state index contributed by atoms with van der Waals surface area (Å²) in [7, 11) is 0. The SMILES string of the molecule is O=c1n(Cc2ccn(-c3c(F)cccc3F)n2)nc2ccccn12. The van der Waals surface area contributed by atoms with Gasteiger partial charge in [0.1, 0.15) is 5.69 Å². The summed E-state index contributed by atoms with van der Waals surface area (Å²) in [6.07, 6.45) is 3.06. The molecule has 0 bridgehead atoms. The standard InChI is InChI=1S/C16H11F2N5O/c17-12-4-3-5-13(18)15(12)22-9-7-11(19-22)10-23-16(24)21-8-2-1-6-14(21)20-23/h1-9H,10H2. The van der Waals surface area contributed by atoms with Gasteiger partial charge in [0.2, 0.25) is 0 Å². The Bertz CT molecular complexity index is 1070. The summed E-state index contributed by atoms with van der Waals surface area (Å²) in [6, 6.07) is 10.4. The Morgan fingerprint density at radius 2 is 1.71 bits per heavy atom. The molecule has 0 fully saturated rings. The summed E-state index contributed by atoms with van der Waals surface area (Å²) in [5.74, 6) is -1.43. The van der Waals surface area contributed by atoms with Gasteiger partial charge in [0.05, 0.1) is 12.2 Å². The fourth-order valence-electron chi connectivity index (χ4n) is 2.50. The fraction of sp³-hybridized carbons (Fsp3) is 0.0625. The third-order valence-electron chi connectivity index (χ3n) is 3.61. The second-order valence-electron chi connectivity index (χ2n) is 5.19. The lowest BCUT2D eigenvalue weighted by Gasteiger charge is -2.04. The molecule has 6 nitrogen and oxygen atoms in total. The average molecular weight is 327 g/mol. The maximum atomic E-state index is 13.8. The van der Waals surface area contributed by atoms with Crippen molar-refractivity contribution in [1.82, 2.24) is 24.0 Å². The topological polar surface area (TPSA) is 57.1 Å². The number of halogens is 2. The van der Waals surface area contributed by atoms with Gasteiger partial charge in [0.15, 0.2) is 17.3 Å². The molecule has 0 aliphatic rings. The van der Waals surface area contributed by atoms with Gasteiger partial charge in [-0.05, 0) is 30.3 Å². The predicted octanol–water partition coefficient (Wildman–Crippen LogP) is 2.01. The second kappa shape index (κ2) is 5.41. The molecular formula is C16H11F2N5O. The van der Waals surface area contributed by atoms with Crippen molar-refractivity contribution in [2.24, 2.45) is 0 Å². The number of pyridine rings is 1. The molecule has 120 valence electrons. The average Bonchev–Trinajstić information content (AvgIpc) is 3.14. The number of fused-ring (bicyclic) bond motifs is 1. The maximum Gasteiger partial charge on any atom is 0.350 e. The van der Waals surface area contributed by atoms with Crippen LogP contribution in [0.15, 0.2) is 59.7 Å². The van der Waals surface area contributed by atoms with E-state index in [0.29, 0.717) is 11.3 Å². The minimum absolute atomic E-state index is 0.101. The van der Waals surface area contributed by atoms with Gasteiger partial charge >= 0.3 is 5.69 Å². The van der Waals surface area contributed by atoms with E-state index in [9.17, 15) is 13.6 Å². The highest BCUT2D eigenvalue weighted by atomic mass is 19.1. The summed E-state index contributed by atoms with van der Waals surface area (Å²) in [6.45, 7) is 0.101. The Morgan fingerprint density at radius 1 is 0.917 bits per heavy atom. The van der Waals surface area contributed by atoms with E-state index in [-0.39, 0.29) is 17.9 Å². The molecule has 0 amide bonds. The first-order chi connectivity index (χ1) is 11.6. The molecule has 0 atom stereocenters. The van der Waals surface area contributed by atoms with Crippen LogP contribution in [0.4, 0.5) is 8.78 Å². The normalized spacial score (nSPS) is 11.2. The summed E-state index contributed by atoms with van der Waals surface area (Å²) in [5, 5.41) is 8.33. The summed E-state index contributed by atoms with van der Waals surface area (Å²) >= 11 is 0. The van der Waals surface area contributed by atoms with Gasteiger partial charge in [-0.25, -0.2) is 22.9 Å². The van der Waals surface area contributed by atoms with Crippen molar-refractivity contribution in [1.29, 1.82) is 0 Å².